The van der Waals surface area contributed by atoms with Crippen molar-refractivity contribution < 1.29 is 17.6 Å². The maximum absolute atomic E-state index is 12.0. The van der Waals surface area contributed by atoms with Crippen LogP contribution in [0.1, 0.15) is 24.6 Å². The van der Waals surface area contributed by atoms with Gasteiger partial charge in [-0.2, -0.15) is 13.2 Å². The molecule has 72 valence electrons. The van der Waals surface area contributed by atoms with Crippen molar-refractivity contribution >= 4 is 0 Å². The van der Waals surface area contributed by atoms with Crippen LogP contribution in [0, 0.1) is 5.92 Å². The molecule has 0 amide bonds. The Balaban J connectivity index is 2.08. The van der Waals surface area contributed by atoms with E-state index in [1.807, 2.05) is 0 Å². The molecule has 2 rings (SSSR count). The molecule has 0 aromatic carbocycles. The molecule has 0 atom stereocenters. The van der Waals surface area contributed by atoms with E-state index < -0.39 is 12.1 Å². The second kappa shape index (κ2) is 2.71. The highest BCUT2D eigenvalue weighted by atomic mass is 19.4. The fourth-order valence-electron chi connectivity index (χ4n) is 1.02. The summed E-state index contributed by atoms with van der Waals surface area (Å²) in [6, 6.07) is 0. The van der Waals surface area contributed by atoms with Crippen molar-refractivity contribution in [1.29, 1.82) is 0 Å². The zero-order valence-electron chi connectivity index (χ0n) is 6.64. The van der Waals surface area contributed by atoms with E-state index >= 15 is 0 Å². The summed E-state index contributed by atoms with van der Waals surface area (Å²) in [6.07, 6.45) is -1.95. The maximum Gasteiger partial charge on any atom is 0.470 e. The van der Waals surface area contributed by atoms with Crippen LogP contribution in [0.25, 0.3) is 0 Å². The Hall–Kier alpha value is -1.07. The van der Waals surface area contributed by atoms with Gasteiger partial charge in [0.15, 0.2) is 0 Å². The second-order valence-corrected chi connectivity index (χ2v) is 3.15. The first-order chi connectivity index (χ1) is 6.05. The molecule has 0 saturated heterocycles. The first kappa shape index (κ1) is 8.52. The zero-order chi connectivity index (χ0) is 9.47. The molecule has 1 aliphatic carbocycles. The molecule has 1 heterocycles. The van der Waals surface area contributed by atoms with Crippen molar-refractivity contribution in [3.05, 3.63) is 11.8 Å². The molecule has 13 heavy (non-hydrogen) atoms. The monoisotopic (exact) mass is 192 g/mol. The third-order valence-corrected chi connectivity index (χ3v) is 1.87. The minimum atomic E-state index is -4.52. The fraction of sp³-hybridized carbons (Fsp3) is 0.714. The van der Waals surface area contributed by atoms with Gasteiger partial charge in [-0.1, -0.05) is 0 Å². The van der Waals surface area contributed by atoms with Crippen LogP contribution in [0.5, 0.6) is 0 Å². The number of alkyl halides is 3. The first-order valence-electron chi connectivity index (χ1n) is 3.95. The van der Waals surface area contributed by atoms with E-state index in [1.165, 1.54) is 0 Å². The molecule has 6 heteroatoms. The van der Waals surface area contributed by atoms with E-state index in [2.05, 4.69) is 14.6 Å². The number of aromatic nitrogens is 2. The van der Waals surface area contributed by atoms with Gasteiger partial charge < -0.3 is 4.42 Å². The minimum absolute atomic E-state index is 0.0924. The maximum atomic E-state index is 12.0. The Labute approximate surface area is 71.9 Å². The number of hydrogen-bond acceptors (Lipinski definition) is 3. The summed E-state index contributed by atoms with van der Waals surface area (Å²) in [5.41, 5.74) is 0. The standard InChI is InChI=1S/C7H7F3N2O/c8-7(9,10)6-12-11-5(13-6)3-4-1-2-4/h4H,1-3H2. The van der Waals surface area contributed by atoms with E-state index in [4.69, 9.17) is 0 Å². The van der Waals surface area contributed by atoms with Crippen LogP contribution in [-0.4, -0.2) is 10.2 Å². The molecule has 0 spiro atoms. The predicted molar refractivity (Wildman–Crippen MR) is 35.7 cm³/mol. The van der Waals surface area contributed by atoms with E-state index in [0.29, 0.717) is 12.3 Å². The lowest BCUT2D eigenvalue weighted by Gasteiger charge is -1.96. The molecule has 3 nitrogen and oxygen atoms in total. The van der Waals surface area contributed by atoms with Gasteiger partial charge in [0.25, 0.3) is 0 Å². The molecule has 0 N–H and O–H groups in total. The summed E-state index contributed by atoms with van der Waals surface area (Å²) in [7, 11) is 0. The van der Waals surface area contributed by atoms with Gasteiger partial charge in [-0.25, -0.2) is 0 Å². The van der Waals surface area contributed by atoms with E-state index in [-0.39, 0.29) is 5.89 Å². The first-order valence-corrected chi connectivity index (χ1v) is 3.95. The highest BCUT2D eigenvalue weighted by Gasteiger charge is 2.38. The number of halogens is 3. The quantitative estimate of drug-likeness (QED) is 0.719. The van der Waals surface area contributed by atoms with Crippen LogP contribution >= 0.6 is 0 Å². The van der Waals surface area contributed by atoms with Gasteiger partial charge in [0, 0.05) is 6.42 Å². The predicted octanol–water partition coefficient (Wildman–Crippen LogP) is 2.04. The van der Waals surface area contributed by atoms with Crippen molar-refractivity contribution in [2.45, 2.75) is 25.4 Å². The smallest absolute Gasteiger partial charge is 0.417 e. The average Bonchev–Trinajstić information content (AvgIpc) is 2.63. The fourth-order valence-corrected chi connectivity index (χ4v) is 1.02. The van der Waals surface area contributed by atoms with Crippen molar-refractivity contribution in [2.75, 3.05) is 0 Å². The van der Waals surface area contributed by atoms with Gasteiger partial charge in [0.05, 0.1) is 0 Å². The molecule has 1 saturated carbocycles. The van der Waals surface area contributed by atoms with Crippen LogP contribution < -0.4 is 0 Å². The summed E-state index contributed by atoms with van der Waals surface area (Å²) in [5.74, 6) is -0.709. The van der Waals surface area contributed by atoms with Crippen molar-refractivity contribution in [3.8, 4) is 0 Å². The Kier molecular flexibility index (Phi) is 1.78. The highest BCUT2D eigenvalue weighted by molar-refractivity contribution is 4.90. The van der Waals surface area contributed by atoms with Gasteiger partial charge in [-0.3, -0.25) is 0 Å². The Morgan fingerprint density at radius 3 is 2.46 bits per heavy atom. The Morgan fingerprint density at radius 2 is 2.00 bits per heavy atom. The molecule has 1 aromatic rings. The summed E-state index contributed by atoms with van der Waals surface area (Å²) >= 11 is 0. The Morgan fingerprint density at radius 1 is 1.31 bits per heavy atom. The highest BCUT2D eigenvalue weighted by Crippen LogP contribution is 2.33. The van der Waals surface area contributed by atoms with E-state index in [1.54, 1.807) is 0 Å². The van der Waals surface area contributed by atoms with Crippen molar-refractivity contribution in [3.63, 3.8) is 0 Å². The lowest BCUT2D eigenvalue weighted by Crippen LogP contribution is -2.04. The normalized spacial score (nSPS) is 17.8. The number of nitrogens with zero attached hydrogens (tertiary/aromatic N) is 2. The third kappa shape index (κ3) is 1.99. The van der Waals surface area contributed by atoms with Gasteiger partial charge in [-0.15, -0.1) is 10.2 Å². The average molecular weight is 192 g/mol. The van der Waals surface area contributed by atoms with Crippen LogP contribution in [0.2, 0.25) is 0 Å². The molecular formula is C7H7F3N2O. The molecule has 1 aliphatic rings. The molecule has 1 fully saturated rings. The lowest BCUT2D eigenvalue weighted by molar-refractivity contribution is -0.157. The van der Waals surface area contributed by atoms with Crippen LogP contribution in [-0.2, 0) is 12.6 Å². The van der Waals surface area contributed by atoms with Gasteiger partial charge >= 0.3 is 12.1 Å². The van der Waals surface area contributed by atoms with Crippen LogP contribution in [0.4, 0.5) is 13.2 Å². The number of rotatable bonds is 2. The zero-order valence-corrected chi connectivity index (χ0v) is 6.64. The van der Waals surface area contributed by atoms with Gasteiger partial charge in [0.1, 0.15) is 0 Å². The van der Waals surface area contributed by atoms with Crippen LogP contribution in [0.15, 0.2) is 4.42 Å². The minimum Gasteiger partial charge on any atom is -0.417 e. The summed E-state index contributed by atoms with van der Waals surface area (Å²) in [4.78, 5) is 0. The number of hydrogen-bond donors (Lipinski definition) is 0. The van der Waals surface area contributed by atoms with Crippen LogP contribution in [0.3, 0.4) is 0 Å². The largest absolute Gasteiger partial charge is 0.470 e. The third-order valence-electron chi connectivity index (χ3n) is 1.87. The van der Waals surface area contributed by atoms with Crippen molar-refractivity contribution in [1.82, 2.24) is 10.2 Å². The molecule has 0 aliphatic heterocycles. The SMILES string of the molecule is FC(F)(F)c1nnc(CC2CC2)o1. The Bertz CT molecular complexity index is 303. The van der Waals surface area contributed by atoms with E-state index in [9.17, 15) is 13.2 Å². The molecule has 1 aromatic heterocycles. The summed E-state index contributed by atoms with van der Waals surface area (Å²) < 4.78 is 40.3. The molecule has 0 radical (unpaired) electrons. The molecule has 0 bridgehead atoms. The summed E-state index contributed by atoms with van der Waals surface area (Å²) in [6.45, 7) is 0. The van der Waals surface area contributed by atoms with Gasteiger partial charge in [-0.05, 0) is 18.8 Å². The topological polar surface area (TPSA) is 38.9 Å². The molecule has 0 unspecified atom stereocenters. The summed E-state index contributed by atoms with van der Waals surface area (Å²) in [5, 5.41) is 6.25. The second-order valence-electron chi connectivity index (χ2n) is 3.15. The molecular weight excluding hydrogens is 185 g/mol. The lowest BCUT2D eigenvalue weighted by atomic mass is 10.3. The van der Waals surface area contributed by atoms with Gasteiger partial charge in [0.2, 0.25) is 5.89 Å². The van der Waals surface area contributed by atoms with Crippen molar-refractivity contribution in [2.24, 2.45) is 5.92 Å². The van der Waals surface area contributed by atoms with E-state index in [0.717, 1.165) is 12.8 Å².